The van der Waals surface area contributed by atoms with E-state index < -0.39 is 0 Å². The molecule has 1 unspecified atom stereocenters. The summed E-state index contributed by atoms with van der Waals surface area (Å²) in [6.07, 6.45) is 2.24. The van der Waals surface area contributed by atoms with Crippen molar-refractivity contribution in [2.24, 2.45) is 0 Å². The fourth-order valence-corrected chi connectivity index (χ4v) is 0.784. The average molecular weight is 171 g/mol. The van der Waals surface area contributed by atoms with Crippen LogP contribution in [-0.4, -0.2) is 35.6 Å². The minimum atomic E-state index is -0.344. The number of rotatable bonds is 5. The van der Waals surface area contributed by atoms with Gasteiger partial charge in [-0.15, -0.1) is 6.58 Å². The summed E-state index contributed by atoms with van der Waals surface area (Å²) in [5.41, 5.74) is 0. The lowest BCUT2D eigenvalue weighted by molar-refractivity contribution is -0.129. The maximum absolute atomic E-state index is 11.1. The summed E-state index contributed by atoms with van der Waals surface area (Å²) in [4.78, 5) is 12.7. The van der Waals surface area contributed by atoms with Gasteiger partial charge in [0.1, 0.15) is 0 Å². The third kappa shape index (κ3) is 4.91. The van der Waals surface area contributed by atoms with Crippen LogP contribution in [0.1, 0.15) is 19.8 Å². The lowest BCUT2D eigenvalue weighted by Crippen LogP contribution is -2.28. The summed E-state index contributed by atoms with van der Waals surface area (Å²) in [5, 5.41) is 8.95. The molecule has 0 rings (SSSR count). The summed E-state index contributed by atoms with van der Waals surface area (Å²) in [6.45, 7) is 5.80. The Morgan fingerprint density at radius 2 is 2.33 bits per heavy atom. The van der Waals surface area contributed by atoms with Crippen molar-refractivity contribution in [3.05, 3.63) is 12.7 Å². The first-order valence-electron chi connectivity index (χ1n) is 4.11. The van der Waals surface area contributed by atoms with E-state index in [4.69, 9.17) is 5.11 Å². The van der Waals surface area contributed by atoms with Crippen molar-refractivity contribution in [2.75, 3.05) is 13.6 Å². The Kier molecular flexibility index (Phi) is 5.37. The van der Waals surface area contributed by atoms with E-state index in [2.05, 4.69) is 6.58 Å². The van der Waals surface area contributed by atoms with Crippen molar-refractivity contribution in [1.29, 1.82) is 0 Å². The van der Waals surface area contributed by atoms with Crippen molar-refractivity contribution in [3.8, 4) is 0 Å². The normalized spacial score (nSPS) is 12.2. The van der Waals surface area contributed by atoms with Gasteiger partial charge in [0.25, 0.3) is 0 Å². The Hall–Kier alpha value is -0.830. The zero-order valence-electron chi connectivity index (χ0n) is 7.79. The van der Waals surface area contributed by atoms with Crippen molar-refractivity contribution < 1.29 is 9.90 Å². The number of carbonyl (C=O) groups excluding carboxylic acids is 1. The third-order valence-corrected chi connectivity index (χ3v) is 1.63. The second kappa shape index (κ2) is 5.77. The van der Waals surface area contributed by atoms with Gasteiger partial charge in [-0.05, 0) is 13.3 Å². The van der Waals surface area contributed by atoms with E-state index in [9.17, 15) is 4.79 Å². The number of carbonyl (C=O) groups is 1. The van der Waals surface area contributed by atoms with E-state index in [0.29, 0.717) is 19.4 Å². The highest BCUT2D eigenvalue weighted by molar-refractivity contribution is 5.77. The highest BCUT2D eigenvalue weighted by Gasteiger charge is 2.06. The zero-order valence-corrected chi connectivity index (χ0v) is 7.79. The van der Waals surface area contributed by atoms with E-state index in [1.54, 1.807) is 24.9 Å². The molecule has 0 spiro atoms. The van der Waals surface area contributed by atoms with Gasteiger partial charge in [-0.3, -0.25) is 4.79 Å². The molecule has 0 saturated carbocycles. The predicted octanol–water partition coefficient (Wildman–Crippen LogP) is 0.792. The Morgan fingerprint density at radius 3 is 2.75 bits per heavy atom. The van der Waals surface area contributed by atoms with E-state index in [0.717, 1.165) is 0 Å². The van der Waals surface area contributed by atoms with Crippen molar-refractivity contribution in [3.63, 3.8) is 0 Å². The number of nitrogens with zero attached hydrogens (tertiary/aromatic N) is 1. The van der Waals surface area contributed by atoms with Gasteiger partial charge >= 0.3 is 0 Å². The van der Waals surface area contributed by atoms with Crippen LogP contribution in [0.15, 0.2) is 12.7 Å². The second-order valence-corrected chi connectivity index (χ2v) is 2.95. The fourth-order valence-electron chi connectivity index (χ4n) is 0.784. The topological polar surface area (TPSA) is 40.5 Å². The summed E-state index contributed by atoms with van der Waals surface area (Å²) in [5.74, 6) is 0.0469. The lowest BCUT2D eigenvalue weighted by atomic mass is 10.2. The molecule has 0 aromatic rings. The standard InChI is InChI=1S/C9H17NO2/c1-4-5-9(12)10(3)7-6-8(2)11/h4,8,11H,1,5-7H2,2-3H3. The molecule has 1 atom stereocenters. The molecule has 0 aliphatic carbocycles. The minimum Gasteiger partial charge on any atom is -0.393 e. The van der Waals surface area contributed by atoms with Crippen molar-refractivity contribution in [2.45, 2.75) is 25.9 Å². The van der Waals surface area contributed by atoms with Gasteiger partial charge in [-0.25, -0.2) is 0 Å². The molecule has 0 aromatic heterocycles. The molecule has 0 bridgehead atoms. The summed E-state index contributed by atoms with van der Waals surface area (Å²) in [7, 11) is 1.73. The van der Waals surface area contributed by atoms with E-state index in [-0.39, 0.29) is 12.0 Å². The molecule has 0 radical (unpaired) electrons. The highest BCUT2D eigenvalue weighted by atomic mass is 16.3. The number of hydrogen-bond donors (Lipinski definition) is 1. The smallest absolute Gasteiger partial charge is 0.226 e. The maximum atomic E-state index is 11.1. The third-order valence-electron chi connectivity index (χ3n) is 1.63. The minimum absolute atomic E-state index is 0.0469. The van der Waals surface area contributed by atoms with Crippen LogP contribution in [0.5, 0.6) is 0 Å². The molecule has 70 valence electrons. The monoisotopic (exact) mass is 171 g/mol. The molecule has 0 aliphatic heterocycles. The Bertz CT molecular complexity index is 155. The number of hydrogen-bond acceptors (Lipinski definition) is 2. The molecule has 3 heteroatoms. The van der Waals surface area contributed by atoms with Crippen LogP contribution in [-0.2, 0) is 4.79 Å². The van der Waals surface area contributed by atoms with Crippen LogP contribution in [0, 0.1) is 0 Å². The molecule has 0 aliphatic rings. The molecule has 12 heavy (non-hydrogen) atoms. The summed E-state index contributed by atoms with van der Waals surface area (Å²) in [6, 6.07) is 0. The van der Waals surface area contributed by atoms with E-state index >= 15 is 0 Å². The molecule has 3 nitrogen and oxygen atoms in total. The van der Waals surface area contributed by atoms with Crippen LogP contribution in [0.4, 0.5) is 0 Å². The van der Waals surface area contributed by atoms with Crippen LogP contribution < -0.4 is 0 Å². The molecular formula is C9H17NO2. The van der Waals surface area contributed by atoms with Gasteiger partial charge in [0.2, 0.25) is 5.91 Å². The van der Waals surface area contributed by atoms with Gasteiger partial charge in [0, 0.05) is 20.0 Å². The van der Waals surface area contributed by atoms with E-state index in [1.807, 2.05) is 0 Å². The first kappa shape index (κ1) is 11.2. The lowest BCUT2D eigenvalue weighted by Gasteiger charge is -2.16. The highest BCUT2D eigenvalue weighted by Crippen LogP contribution is 1.96. The average Bonchev–Trinajstić information content (AvgIpc) is 2.00. The van der Waals surface area contributed by atoms with Crippen LogP contribution in [0.3, 0.4) is 0 Å². The van der Waals surface area contributed by atoms with Gasteiger partial charge in [-0.1, -0.05) is 6.08 Å². The van der Waals surface area contributed by atoms with Crippen LogP contribution in [0.25, 0.3) is 0 Å². The Labute approximate surface area is 73.7 Å². The van der Waals surface area contributed by atoms with Crippen molar-refractivity contribution >= 4 is 5.91 Å². The Morgan fingerprint density at radius 1 is 1.75 bits per heavy atom. The predicted molar refractivity (Wildman–Crippen MR) is 48.7 cm³/mol. The summed E-state index contributed by atoms with van der Waals surface area (Å²) >= 11 is 0. The molecule has 1 amide bonds. The quantitative estimate of drug-likeness (QED) is 0.621. The van der Waals surface area contributed by atoms with Gasteiger partial charge in [0.15, 0.2) is 0 Å². The van der Waals surface area contributed by atoms with Crippen molar-refractivity contribution in [1.82, 2.24) is 4.90 Å². The number of amides is 1. The van der Waals surface area contributed by atoms with Crippen LogP contribution in [0.2, 0.25) is 0 Å². The number of aliphatic hydroxyl groups excluding tert-OH is 1. The Balaban J connectivity index is 3.63. The SMILES string of the molecule is C=CCC(=O)N(C)CCC(C)O. The fraction of sp³-hybridized carbons (Fsp3) is 0.667. The summed E-state index contributed by atoms with van der Waals surface area (Å²) < 4.78 is 0. The molecule has 0 fully saturated rings. The first-order chi connectivity index (χ1) is 5.57. The largest absolute Gasteiger partial charge is 0.393 e. The molecule has 1 N–H and O–H groups in total. The maximum Gasteiger partial charge on any atom is 0.226 e. The number of aliphatic hydroxyl groups is 1. The van der Waals surface area contributed by atoms with E-state index in [1.165, 1.54) is 0 Å². The zero-order chi connectivity index (χ0) is 9.56. The molecule has 0 saturated heterocycles. The molecular weight excluding hydrogens is 154 g/mol. The molecule has 0 aromatic carbocycles. The first-order valence-corrected chi connectivity index (χ1v) is 4.11. The second-order valence-electron chi connectivity index (χ2n) is 2.95. The van der Waals surface area contributed by atoms with Gasteiger partial charge in [-0.2, -0.15) is 0 Å². The van der Waals surface area contributed by atoms with Gasteiger partial charge < -0.3 is 10.0 Å². The molecule has 0 heterocycles. The van der Waals surface area contributed by atoms with Gasteiger partial charge in [0.05, 0.1) is 6.10 Å². The van der Waals surface area contributed by atoms with Crippen LogP contribution >= 0.6 is 0 Å².